The summed E-state index contributed by atoms with van der Waals surface area (Å²) < 4.78 is 10.9. The van der Waals surface area contributed by atoms with E-state index in [4.69, 9.17) is 0 Å². The number of hydrogen-bond donors (Lipinski definition) is 1. The number of rotatable bonds is 3. The van der Waals surface area contributed by atoms with Crippen LogP contribution in [-0.4, -0.2) is 17.2 Å². The van der Waals surface area contributed by atoms with E-state index in [9.17, 15) is 9.35 Å². The van der Waals surface area contributed by atoms with Crippen LogP contribution in [0.25, 0.3) is 0 Å². The first-order chi connectivity index (χ1) is 5.74. The van der Waals surface area contributed by atoms with Crippen LogP contribution in [0.2, 0.25) is 0 Å². The molecule has 0 aliphatic rings. The van der Waals surface area contributed by atoms with Gasteiger partial charge in [0.05, 0.1) is 0 Å². The summed E-state index contributed by atoms with van der Waals surface area (Å²) in [7, 11) is 0. The lowest BCUT2D eigenvalue weighted by atomic mass is 10.3. The van der Waals surface area contributed by atoms with Crippen LogP contribution in [0.1, 0.15) is 0 Å². The minimum Gasteiger partial charge on any atom is -0.612 e. The molecule has 0 saturated carbocycles. The number of carbonyl (C=O) groups excluding carboxylic acids is 1. The molecule has 1 atom stereocenters. The first-order valence-corrected chi connectivity index (χ1v) is 4.93. The fraction of sp³-hybridized carbons (Fsp3) is 0.125. The molecular weight excluding hydrogens is 174 g/mol. The van der Waals surface area contributed by atoms with E-state index >= 15 is 0 Å². The van der Waals surface area contributed by atoms with Crippen molar-refractivity contribution in [2.75, 3.05) is 11.6 Å². The number of benzene rings is 1. The van der Waals surface area contributed by atoms with Gasteiger partial charge in [-0.1, -0.05) is 0 Å². The number of nitrogens with one attached hydrogen (secondary N) is 1. The van der Waals surface area contributed by atoms with Crippen LogP contribution in [0.15, 0.2) is 29.2 Å². The van der Waals surface area contributed by atoms with Crippen LogP contribution in [0.4, 0.5) is 5.69 Å². The van der Waals surface area contributed by atoms with Gasteiger partial charge in [-0.3, -0.25) is 4.79 Å². The Balaban J connectivity index is 2.78. The zero-order valence-electron chi connectivity index (χ0n) is 6.61. The number of amides is 1. The van der Waals surface area contributed by atoms with E-state index in [1.54, 1.807) is 30.5 Å². The van der Waals surface area contributed by atoms with E-state index in [-0.39, 0.29) is 0 Å². The first kappa shape index (κ1) is 9.09. The molecule has 0 aliphatic heterocycles. The molecule has 4 heteroatoms. The largest absolute Gasteiger partial charge is 0.612 e. The van der Waals surface area contributed by atoms with Crippen molar-refractivity contribution >= 4 is 23.3 Å². The minimum atomic E-state index is -0.957. The van der Waals surface area contributed by atoms with Gasteiger partial charge >= 0.3 is 0 Å². The Morgan fingerprint density at radius 3 is 2.42 bits per heavy atom. The van der Waals surface area contributed by atoms with Crippen molar-refractivity contribution in [3.63, 3.8) is 0 Å². The zero-order valence-corrected chi connectivity index (χ0v) is 7.43. The highest BCUT2D eigenvalue weighted by Crippen LogP contribution is 2.12. The molecule has 64 valence electrons. The molecule has 1 N–H and O–H groups in total. The number of carbonyl (C=O) groups is 1. The van der Waals surface area contributed by atoms with Gasteiger partial charge in [0, 0.05) is 5.69 Å². The third-order valence-corrected chi connectivity index (χ3v) is 2.35. The highest BCUT2D eigenvalue weighted by Gasteiger charge is 2.01. The van der Waals surface area contributed by atoms with Gasteiger partial charge in [-0.2, -0.15) is 0 Å². The van der Waals surface area contributed by atoms with Gasteiger partial charge in [0.2, 0.25) is 6.41 Å². The molecule has 1 unspecified atom stereocenters. The molecule has 0 radical (unpaired) electrons. The first-order valence-electron chi connectivity index (χ1n) is 3.37. The Kier molecular flexibility index (Phi) is 3.13. The number of anilines is 1. The molecule has 0 aromatic heterocycles. The molecule has 12 heavy (non-hydrogen) atoms. The second-order valence-corrected chi connectivity index (χ2v) is 3.62. The summed E-state index contributed by atoms with van der Waals surface area (Å²) in [4.78, 5) is 10.8. The summed E-state index contributed by atoms with van der Waals surface area (Å²) in [5.74, 6) is 0. The van der Waals surface area contributed by atoms with Crippen molar-refractivity contribution in [2.45, 2.75) is 4.90 Å². The fourth-order valence-electron chi connectivity index (χ4n) is 0.811. The maximum Gasteiger partial charge on any atom is 0.211 e. The van der Waals surface area contributed by atoms with E-state index in [1.807, 2.05) is 0 Å². The summed E-state index contributed by atoms with van der Waals surface area (Å²) in [6.45, 7) is 0. The van der Waals surface area contributed by atoms with Crippen molar-refractivity contribution in [3.05, 3.63) is 24.3 Å². The van der Waals surface area contributed by atoms with Crippen molar-refractivity contribution in [2.24, 2.45) is 0 Å². The number of hydrogen-bond acceptors (Lipinski definition) is 2. The van der Waals surface area contributed by atoms with Crippen molar-refractivity contribution < 1.29 is 9.35 Å². The summed E-state index contributed by atoms with van der Waals surface area (Å²) in [5, 5.41) is 2.49. The lowest BCUT2D eigenvalue weighted by molar-refractivity contribution is -0.105. The summed E-state index contributed by atoms with van der Waals surface area (Å²) in [6.07, 6.45) is 2.22. The van der Waals surface area contributed by atoms with Gasteiger partial charge < -0.3 is 9.87 Å². The predicted octanol–water partition coefficient (Wildman–Crippen LogP) is 0.992. The summed E-state index contributed by atoms with van der Waals surface area (Å²) in [6, 6.07) is 6.88. The molecule has 1 aromatic carbocycles. The molecule has 1 amide bonds. The Morgan fingerprint density at radius 1 is 1.42 bits per heavy atom. The Labute approximate surface area is 74.0 Å². The van der Waals surface area contributed by atoms with E-state index in [1.165, 1.54) is 0 Å². The average molecular weight is 183 g/mol. The fourth-order valence-corrected chi connectivity index (χ4v) is 1.33. The van der Waals surface area contributed by atoms with Crippen LogP contribution >= 0.6 is 0 Å². The second-order valence-electron chi connectivity index (χ2n) is 2.24. The Bertz CT molecular complexity index is 258. The molecule has 0 fully saturated rings. The van der Waals surface area contributed by atoms with E-state index in [2.05, 4.69) is 5.32 Å². The van der Waals surface area contributed by atoms with E-state index in [0.29, 0.717) is 12.1 Å². The van der Waals surface area contributed by atoms with Gasteiger partial charge in [0.25, 0.3) is 0 Å². The molecule has 1 aromatic rings. The van der Waals surface area contributed by atoms with Crippen LogP contribution in [0.3, 0.4) is 0 Å². The molecular formula is C8H9NO2S. The maximum absolute atomic E-state index is 10.9. The van der Waals surface area contributed by atoms with Gasteiger partial charge in [-0.05, 0) is 35.4 Å². The average Bonchev–Trinajstić information content (AvgIpc) is 2.06. The lowest BCUT2D eigenvalue weighted by Crippen LogP contribution is -1.98. The van der Waals surface area contributed by atoms with Gasteiger partial charge in [-0.15, -0.1) is 0 Å². The van der Waals surface area contributed by atoms with Crippen LogP contribution < -0.4 is 5.32 Å². The lowest BCUT2D eigenvalue weighted by Gasteiger charge is -2.04. The third kappa shape index (κ3) is 2.25. The highest BCUT2D eigenvalue weighted by molar-refractivity contribution is 7.90. The third-order valence-electron chi connectivity index (χ3n) is 1.41. The maximum atomic E-state index is 10.9. The molecule has 0 spiro atoms. The van der Waals surface area contributed by atoms with Crippen molar-refractivity contribution in [1.82, 2.24) is 0 Å². The normalized spacial score (nSPS) is 12.2. The predicted molar refractivity (Wildman–Crippen MR) is 48.5 cm³/mol. The minimum absolute atomic E-state index is 0.609. The molecule has 0 heterocycles. The molecule has 0 bridgehead atoms. The van der Waals surface area contributed by atoms with Crippen molar-refractivity contribution in [3.8, 4) is 0 Å². The monoisotopic (exact) mass is 183 g/mol. The molecule has 0 saturated heterocycles. The summed E-state index contributed by atoms with van der Waals surface area (Å²) in [5.41, 5.74) is 0.708. The standard InChI is InChI=1S/C8H9NO2S/c1-12(11)8-4-2-7(3-5-8)9-6-10/h2-6H,1H3,(H,9,10). The molecule has 3 nitrogen and oxygen atoms in total. The van der Waals surface area contributed by atoms with E-state index < -0.39 is 11.2 Å². The SMILES string of the molecule is C[S+]([O-])c1ccc(NC=O)cc1. The van der Waals surface area contributed by atoms with Crippen LogP contribution in [-0.2, 0) is 16.0 Å². The van der Waals surface area contributed by atoms with Crippen LogP contribution in [0, 0.1) is 0 Å². The van der Waals surface area contributed by atoms with Gasteiger partial charge in [-0.25, -0.2) is 0 Å². The summed E-state index contributed by atoms with van der Waals surface area (Å²) >= 11 is -0.957. The highest BCUT2D eigenvalue weighted by atomic mass is 32.2. The molecule has 1 rings (SSSR count). The van der Waals surface area contributed by atoms with Gasteiger partial charge in [0.1, 0.15) is 6.26 Å². The van der Waals surface area contributed by atoms with Crippen LogP contribution in [0.5, 0.6) is 0 Å². The van der Waals surface area contributed by atoms with Crippen molar-refractivity contribution in [1.29, 1.82) is 0 Å². The smallest absolute Gasteiger partial charge is 0.211 e. The van der Waals surface area contributed by atoms with Gasteiger partial charge in [0.15, 0.2) is 4.90 Å². The molecule has 0 aliphatic carbocycles. The Morgan fingerprint density at radius 2 is 2.00 bits per heavy atom. The second kappa shape index (κ2) is 4.13. The van der Waals surface area contributed by atoms with E-state index in [0.717, 1.165) is 4.90 Å². The quantitative estimate of drug-likeness (QED) is 0.561. The zero-order chi connectivity index (χ0) is 8.97. The Hall–Kier alpha value is -1.00. The topological polar surface area (TPSA) is 52.2 Å².